The van der Waals surface area contributed by atoms with Gasteiger partial charge in [0.1, 0.15) is 0 Å². The fourth-order valence-corrected chi connectivity index (χ4v) is 2.80. The van der Waals surface area contributed by atoms with Crippen molar-refractivity contribution >= 4 is 11.8 Å². The zero-order valence-electron chi connectivity index (χ0n) is 7.05. The SMILES string of the molecule is CCC(C#N)SC1CCCC1. The lowest BCUT2D eigenvalue weighted by Crippen LogP contribution is -2.04. The lowest BCUT2D eigenvalue weighted by atomic mass is 10.4. The molecule has 62 valence electrons. The van der Waals surface area contributed by atoms with Crippen LogP contribution in [0.2, 0.25) is 0 Å². The Kier molecular flexibility index (Phi) is 3.79. The van der Waals surface area contributed by atoms with Gasteiger partial charge in [0.25, 0.3) is 0 Å². The summed E-state index contributed by atoms with van der Waals surface area (Å²) < 4.78 is 0. The van der Waals surface area contributed by atoms with Crippen molar-refractivity contribution in [3.05, 3.63) is 0 Å². The van der Waals surface area contributed by atoms with Gasteiger partial charge in [-0.1, -0.05) is 19.8 Å². The van der Waals surface area contributed by atoms with Gasteiger partial charge in [0.2, 0.25) is 0 Å². The van der Waals surface area contributed by atoms with E-state index in [0.29, 0.717) is 0 Å². The highest BCUT2D eigenvalue weighted by Gasteiger charge is 2.18. The molecule has 0 amide bonds. The van der Waals surface area contributed by atoms with Crippen LogP contribution in [0.4, 0.5) is 0 Å². The molecule has 0 aliphatic heterocycles. The first-order chi connectivity index (χ1) is 5.36. The largest absolute Gasteiger partial charge is 0.197 e. The maximum absolute atomic E-state index is 8.72. The average molecular weight is 169 g/mol. The van der Waals surface area contributed by atoms with E-state index >= 15 is 0 Å². The Balaban J connectivity index is 2.23. The minimum Gasteiger partial charge on any atom is -0.197 e. The zero-order chi connectivity index (χ0) is 8.10. The fraction of sp³-hybridized carbons (Fsp3) is 0.889. The summed E-state index contributed by atoms with van der Waals surface area (Å²) in [6.07, 6.45) is 6.42. The van der Waals surface area contributed by atoms with Crippen LogP contribution >= 0.6 is 11.8 Å². The maximum atomic E-state index is 8.72. The van der Waals surface area contributed by atoms with Gasteiger partial charge in [-0.3, -0.25) is 0 Å². The molecule has 11 heavy (non-hydrogen) atoms. The molecule has 0 heterocycles. The molecule has 1 fully saturated rings. The minimum absolute atomic E-state index is 0.248. The zero-order valence-corrected chi connectivity index (χ0v) is 7.86. The third-order valence-corrected chi connectivity index (χ3v) is 3.80. The van der Waals surface area contributed by atoms with E-state index in [1.807, 2.05) is 11.8 Å². The monoisotopic (exact) mass is 169 g/mol. The van der Waals surface area contributed by atoms with Crippen LogP contribution in [0.1, 0.15) is 39.0 Å². The highest BCUT2D eigenvalue weighted by molar-refractivity contribution is 8.00. The van der Waals surface area contributed by atoms with E-state index in [2.05, 4.69) is 13.0 Å². The number of nitriles is 1. The summed E-state index contributed by atoms with van der Waals surface area (Å²) in [5, 5.41) is 9.76. The molecule has 1 aliphatic carbocycles. The molecule has 0 aromatic heterocycles. The molecule has 1 unspecified atom stereocenters. The molecule has 0 radical (unpaired) electrons. The van der Waals surface area contributed by atoms with Crippen molar-refractivity contribution in [2.75, 3.05) is 0 Å². The second-order valence-corrected chi connectivity index (χ2v) is 4.58. The molecule has 0 aromatic carbocycles. The molecule has 1 nitrogen and oxygen atoms in total. The van der Waals surface area contributed by atoms with Crippen molar-refractivity contribution in [1.29, 1.82) is 5.26 Å². The third kappa shape index (κ3) is 2.75. The van der Waals surface area contributed by atoms with Gasteiger partial charge in [-0.2, -0.15) is 5.26 Å². The molecule has 1 aliphatic rings. The summed E-state index contributed by atoms with van der Waals surface area (Å²) in [6.45, 7) is 2.09. The lowest BCUT2D eigenvalue weighted by Gasteiger charge is -2.11. The summed E-state index contributed by atoms with van der Waals surface area (Å²) in [5.41, 5.74) is 0. The van der Waals surface area contributed by atoms with Crippen LogP contribution in [0.5, 0.6) is 0 Å². The van der Waals surface area contributed by atoms with Crippen LogP contribution in [-0.4, -0.2) is 10.5 Å². The van der Waals surface area contributed by atoms with Crippen molar-refractivity contribution in [3.63, 3.8) is 0 Å². The molecule has 0 saturated heterocycles. The van der Waals surface area contributed by atoms with Crippen LogP contribution in [0.15, 0.2) is 0 Å². The molecular formula is C9H15NS. The molecule has 0 aromatic rings. The number of nitrogens with zero attached hydrogens (tertiary/aromatic N) is 1. The Bertz CT molecular complexity index is 144. The molecule has 2 heteroatoms. The summed E-state index contributed by atoms with van der Waals surface area (Å²) in [7, 11) is 0. The summed E-state index contributed by atoms with van der Waals surface area (Å²) in [5.74, 6) is 0. The normalized spacial score (nSPS) is 21.5. The quantitative estimate of drug-likeness (QED) is 0.648. The first-order valence-electron chi connectivity index (χ1n) is 4.42. The molecule has 0 bridgehead atoms. The summed E-state index contributed by atoms with van der Waals surface area (Å²) in [4.78, 5) is 0. The Labute approximate surface area is 73.2 Å². The van der Waals surface area contributed by atoms with E-state index < -0.39 is 0 Å². The molecule has 0 N–H and O–H groups in total. The van der Waals surface area contributed by atoms with Gasteiger partial charge >= 0.3 is 0 Å². The van der Waals surface area contributed by atoms with Gasteiger partial charge in [0.05, 0.1) is 11.3 Å². The van der Waals surface area contributed by atoms with Crippen LogP contribution in [0, 0.1) is 11.3 Å². The number of hydrogen-bond donors (Lipinski definition) is 0. The van der Waals surface area contributed by atoms with Crippen LogP contribution in [0.25, 0.3) is 0 Å². The number of hydrogen-bond acceptors (Lipinski definition) is 2. The topological polar surface area (TPSA) is 23.8 Å². The van der Waals surface area contributed by atoms with Crippen molar-refractivity contribution in [2.24, 2.45) is 0 Å². The third-order valence-electron chi connectivity index (χ3n) is 2.17. The second kappa shape index (κ2) is 4.66. The van der Waals surface area contributed by atoms with Gasteiger partial charge in [0.15, 0.2) is 0 Å². The Morgan fingerprint density at radius 1 is 1.55 bits per heavy atom. The van der Waals surface area contributed by atoms with E-state index in [1.54, 1.807) is 0 Å². The number of rotatable bonds is 3. The van der Waals surface area contributed by atoms with Crippen molar-refractivity contribution in [1.82, 2.24) is 0 Å². The molecule has 1 saturated carbocycles. The van der Waals surface area contributed by atoms with Gasteiger partial charge in [-0.05, 0) is 19.3 Å². The smallest absolute Gasteiger partial charge is 0.0916 e. The van der Waals surface area contributed by atoms with E-state index in [4.69, 9.17) is 5.26 Å². The van der Waals surface area contributed by atoms with E-state index in [9.17, 15) is 0 Å². The highest BCUT2D eigenvalue weighted by Crippen LogP contribution is 2.32. The highest BCUT2D eigenvalue weighted by atomic mass is 32.2. The van der Waals surface area contributed by atoms with Crippen molar-refractivity contribution in [3.8, 4) is 6.07 Å². The molecule has 1 atom stereocenters. The van der Waals surface area contributed by atoms with Crippen LogP contribution in [-0.2, 0) is 0 Å². The first-order valence-corrected chi connectivity index (χ1v) is 5.36. The Morgan fingerprint density at radius 3 is 2.64 bits per heavy atom. The Morgan fingerprint density at radius 2 is 2.18 bits per heavy atom. The van der Waals surface area contributed by atoms with E-state index in [0.717, 1.165) is 11.7 Å². The molecule has 0 spiro atoms. The predicted molar refractivity (Wildman–Crippen MR) is 49.5 cm³/mol. The lowest BCUT2D eigenvalue weighted by molar-refractivity contribution is 0.886. The molecular weight excluding hydrogens is 154 g/mol. The Hall–Kier alpha value is -0.160. The van der Waals surface area contributed by atoms with Crippen LogP contribution in [0.3, 0.4) is 0 Å². The second-order valence-electron chi connectivity index (χ2n) is 3.07. The van der Waals surface area contributed by atoms with Crippen LogP contribution < -0.4 is 0 Å². The van der Waals surface area contributed by atoms with Crippen molar-refractivity contribution < 1.29 is 0 Å². The minimum atomic E-state index is 0.248. The van der Waals surface area contributed by atoms with Crippen molar-refractivity contribution in [2.45, 2.75) is 49.5 Å². The summed E-state index contributed by atoms with van der Waals surface area (Å²) >= 11 is 1.89. The first kappa shape index (κ1) is 8.93. The van der Waals surface area contributed by atoms with Gasteiger partial charge in [-0.15, -0.1) is 11.8 Å². The average Bonchev–Trinajstić information content (AvgIpc) is 2.52. The predicted octanol–water partition coefficient (Wildman–Crippen LogP) is 2.96. The standard InChI is InChI=1S/C9H15NS/c1-2-8(7-10)11-9-5-3-4-6-9/h8-9H,2-6H2,1H3. The maximum Gasteiger partial charge on any atom is 0.0916 e. The summed E-state index contributed by atoms with van der Waals surface area (Å²) in [6, 6.07) is 2.34. The van der Waals surface area contributed by atoms with Gasteiger partial charge in [0, 0.05) is 5.25 Å². The fourth-order valence-electron chi connectivity index (χ4n) is 1.47. The van der Waals surface area contributed by atoms with Gasteiger partial charge < -0.3 is 0 Å². The molecule has 1 rings (SSSR count). The number of thioether (sulfide) groups is 1. The van der Waals surface area contributed by atoms with E-state index in [-0.39, 0.29) is 5.25 Å². The van der Waals surface area contributed by atoms with E-state index in [1.165, 1.54) is 25.7 Å². The van der Waals surface area contributed by atoms with Gasteiger partial charge in [-0.25, -0.2) is 0 Å².